The van der Waals surface area contributed by atoms with E-state index in [0.29, 0.717) is 16.8 Å². The first-order valence-corrected chi connectivity index (χ1v) is 7.63. The molecule has 1 aromatic heterocycles. The molecular formula is C16H15BrN2O4. The zero-order valence-electron chi connectivity index (χ0n) is 12.6. The van der Waals surface area contributed by atoms with Gasteiger partial charge in [-0.3, -0.25) is 4.79 Å². The first-order chi connectivity index (χ1) is 11.1. The van der Waals surface area contributed by atoms with E-state index in [-0.39, 0.29) is 17.0 Å². The molecule has 1 N–H and O–H groups in total. The highest BCUT2D eigenvalue weighted by Crippen LogP contribution is 2.24. The van der Waals surface area contributed by atoms with Gasteiger partial charge in [-0.1, -0.05) is 15.9 Å². The predicted octanol–water partition coefficient (Wildman–Crippen LogP) is 3.28. The van der Waals surface area contributed by atoms with Gasteiger partial charge in [0, 0.05) is 10.7 Å². The number of amides is 1. The van der Waals surface area contributed by atoms with Gasteiger partial charge in [0.1, 0.15) is 5.56 Å². The molecule has 0 bridgehead atoms. The monoisotopic (exact) mass is 378 g/mol. The molecule has 0 aliphatic rings. The summed E-state index contributed by atoms with van der Waals surface area (Å²) in [6, 6.07) is 8.15. The Morgan fingerprint density at radius 2 is 2.04 bits per heavy atom. The molecule has 2 rings (SSSR count). The third kappa shape index (κ3) is 4.07. The average molecular weight is 379 g/mol. The molecule has 0 saturated carbocycles. The van der Waals surface area contributed by atoms with E-state index in [9.17, 15) is 9.59 Å². The van der Waals surface area contributed by atoms with Crippen molar-refractivity contribution in [1.82, 2.24) is 4.98 Å². The maximum absolute atomic E-state index is 12.5. The van der Waals surface area contributed by atoms with Crippen LogP contribution in [-0.2, 0) is 4.74 Å². The number of nitrogens with zero attached hydrogens (tertiary/aromatic N) is 1. The lowest BCUT2D eigenvalue weighted by Gasteiger charge is -2.12. The Morgan fingerprint density at radius 3 is 2.74 bits per heavy atom. The molecule has 0 fully saturated rings. The average Bonchev–Trinajstić information content (AvgIpc) is 2.56. The van der Waals surface area contributed by atoms with Crippen LogP contribution in [0.4, 0.5) is 5.69 Å². The van der Waals surface area contributed by atoms with Crippen molar-refractivity contribution < 1.29 is 19.1 Å². The van der Waals surface area contributed by atoms with Gasteiger partial charge in [-0.2, -0.15) is 0 Å². The SMILES string of the molecule is CCOc1ncccc1C(=O)Nc1ccc(Br)cc1C(=O)OC. The topological polar surface area (TPSA) is 77.5 Å². The number of hydrogen-bond acceptors (Lipinski definition) is 5. The molecule has 120 valence electrons. The van der Waals surface area contributed by atoms with Gasteiger partial charge in [-0.25, -0.2) is 9.78 Å². The molecule has 0 aliphatic heterocycles. The van der Waals surface area contributed by atoms with E-state index in [1.165, 1.54) is 7.11 Å². The summed E-state index contributed by atoms with van der Waals surface area (Å²) in [6.07, 6.45) is 1.54. The van der Waals surface area contributed by atoms with Crippen LogP contribution in [-0.4, -0.2) is 30.6 Å². The fraction of sp³-hybridized carbons (Fsp3) is 0.188. The molecule has 0 radical (unpaired) electrons. The van der Waals surface area contributed by atoms with Gasteiger partial charge in [0.15, 0.2) is 0 Å². The summed E-state index contributed by atoms with van der Waals surface area (Å²) in [5.41, 5.74) is 0.876. The van der Waals surface area contributed by atoms with Crippen LogP contribution in [0.5, 0.6) is 5.88 Å². The number of nitrogens with one attached hydrogen (secondary N) is 1. The third-order valence-electron chi connectivity index (χ3n) is 2.93. The van der Waals surface area contributed by atoms with Crippen LogP contribution in [0, 0.1) is 0 Å². The van der Waals surface area contributed by atoms with E-state index in [4.69, 9.17) is 9.47 Å². The van der Waals surface area contributed by atoms with Gasteiger partial charge in [-0.05, 0) is 37.3 Å². The fourth-order valence-corrected chi connectivity index (χ4v) is 2.27. The first-order valence-electron chi connectivity index (χ1n) is 6.83. The van der Waals surface area contributed by atoms with Gasteiger partial charge < -0.3 is 14.8 Å². The van der Waals surface area contributed by atoms with Crippen LogP contribution in [0.1, 0.15) is 27.6 Å². The summed E-state index contributed by atoms with van der Waals surface area (Å²) >= 11 is 3.29. The minimum Gasteiger partial charge on any atom is -0.477 e. The van der Waals surface area contributed by atoms with Gasteiger partial charge in [0.05, 0.1) is 25.0 Å². The summed E-state index contributed by atoms with van der Waals surface area (Å²) in [4.78, 5) is 28.3. The van der Waals surface area contributed by atoms with E-state index in [1.54, 1.807) is 43.5 Å². The van der Waals surface area contributed by atoms with Crippen LogP contribution in [0.3, 0.4) is 0 Å². The van der Waals surface area contributed by atoms with Crippen molar-refractivity contribution in [3.63, 3.8) is 0 Å². The number of pyridine rings is 1. The quantitative estimate of drug-likeness (QED) is 0.807. The lowest BCUT2D eigenvalue weighted by atomic mass is 10.1. The molecular weight excluding hydrogens is 364 g/mol. The summed E-state index contributed by atoms with van der Waals surface area (Å²) < 4.78 is 10.8. The Bertz CT molecular complexity index is 734. The normalized spacial score (nSPS) is 10.0. The Morgan fingerprint density at radius 1 is 1.26 bits per heavy atom. The molecule has 7 heteroatoms. The number of halogens is 1. The molecule has 0 unspecified atom stereocenters. The molecule has 0 atom stereocenters. The second kappa shape index (κ2) is 7.73. The van der Waals surface area contributed by atoms with Crippen molar-refractivity contribution in [3.8, 4) is 5.88 Å². The van der Waals surface area contributed by atoms with Crippen LogP contribution in [0.25, 0.3) is 0 Å². The second-order valence-electron chi connectivity index (χ2n) is 4.42. The smallest absolute Gasteiger partial charge is 0.340 e. The second-order valence-corrected chi connectivity index (χ2v) is 5.34. The Labute approximate surface area is 142 Å². The number of ether oxygens (including phenoxy) is 2. The molecule has 23 heavy (non-hydrogen) atoms. The van der Waals surface area contributed by atoms with Gasteiger partial charge in [0.2, 0.25) is 5.88 Å². The summed E-state index contributed by atoms with van der Waals surface area (Å²) in [5, 5.41) is 2.69. The van der Waals surface area contributed by atoms with Crippen molar-refractivity contribution in [1.29, 1.82) is 0 Å². The Hall–Kier alpha value is -2.41. The zero-order valence-corrected chi connectivity index (χ0v) is 14.2. The van der Waals surface area contributed by atoms with Crippen molar-refractivity contribution >= 4 is 33.5 Å². The third-order valence-corrected chi connectivity index (χ3v) is 3.43. The largest absolute Gasteiger partial charge is 0.477 e. The molecule has 0 spiro atoms. The molecule has 6 nitrogen and oxygen atoms in total. The summed E-state index contributed by atoms with van der Waals surface area (Å²) in [7, 11) is 1.28. The predicted molar refractivity (Wildman–Crippen MR) is 88.8 cm³/mol. The molecule has 2 aromatic rings. The van der Waals surface area contributed by atoms with E-state index < -0.39 is 11.9 Å². The number of rotatable bonds is 5. The number of hydrogen-bond donors (Lipinski definition) is 1. The number of methoxy groups -OCH3 is 1. The Kier molecular flexibility index (Phi) is 5.70. The van der Waals surface area contributed by atoms with E-state index in [2.05, 4.69) is 26.2 Å². The number of carbonyl (C=O) groups excluding carboxylic acids is 2. The maximum atomic E-state index is 12.5. The Balaban J connectivity index is 2.33. The number of anilines is 1. The number of carbonyl (C=O) groups is 2. The highest BCUT2D eigenvalue weighted by Gasteiger charge is 2.18. The standard InChI is InChI=1S/C16H15BrN2O4/c1-3-23-15-11(5-4-8-18-15)14(20)19-13-7-6-10(17)9-12(13)16(21)22-2/h4-9H,3H2,1-2H3,(H,19,20). The number of aromatic nitrogens is 1. The van der Waals surface area contributed by atoms with Gasteiger partial charge in [-0.15, -0.1) is 0 Å². The van der Waals surface area contributed by atoms with Gasteiger partial charge in [0.25, 0.3) is 5.91 Å². The van der Waals surface area contributed by atoms with E-state index in [0.717, 1.165) is 0 Å². The lowest BCUT2D eigenvalue weighted by Crippen LogP contribution is -2.17. The summed E-state index contributed by atoms with van der Waals surface area (Å²) in [5.74, 6) is -0.726. The van der Waals surface area contributed by atoms with Crippen molar-refractivity contribution in [2.75, 3.05) is 19.0 Å². The molecule has 0 saturated heterocycles. The molecule has 1 amide bonds. The van der Waals surface area contributed by atoms with E-state index in [1.807, 2.05) is 0 Å². The maximum Gasteiger partial charge on any atom is 0.340 e. The minimum atomic E-state index is -0.544. The number of esters is 1. The molecule has 0 aliphatic carbocycles. The van der Waals surface area contributed by atoms with Gasteiger partial charge >= 0.3 is 5.97 Å². The zero-order chi connectivity index (χ0) is 16.8. The highest BCUT2D eigenvalue weighted by atomic mass is 79.9. The molecule has 1 heterocycles. The van der Waals surface area contributed by atoms with Crippen LogP contribution in [0.15, 0.2) is 41.0 Å². The fourth-order valence-electron chi connectivity index (χ4n) is 1.91. The van der Waals surface area contributed by atoms with Crippen molar-refractivity contribution in [2.45, 2.75) is 6.92 Å². The number of benzene rings is 1. The summed E-state index contributed by atoms with van der Waals surface area (Å²) in [6.45, 7) is 2.20. The highest BCUT2D eigenvalue weighted by molar-refractivity contribution is 9.10. The molecule has 1 aromatic carbocycles. The van der Waals surface area contributed by atoms with Crippen molar-refractivity contribution in [2.24, 2.45) is 0 Å². The lowest BCUT2D eigenvalue weighted by molar-refractivity contribution is 0.0602. The van der Waals surface area contributed by atoms with Crippen molar-refractivity contribution in [3.05, 3.63) is 52.1 Å². The minimum absolute atomic E-state index is 0.240. The van der Waals surface area contributed by atoms with Crippen LogP contribution < -0.4 is 10.1 Å². The van der Waals surface area contributed by atoms with Crippen LogP contribution >= 0.6 is 15.9 Å². The first kappa shape index (κ1) is 17.0. The van der Waals surface area contributed by atoms with Crippen LogP contribution in [0.2, 0.25) is 0 Å². The van der Waals surface area contributed by atoms with E-state index >= 15 is 0 Å².